The topological polar surface area (TPSA) is 212 Å². The van der Waals surface area contributed by atoms with Crippen LogP contribution >= 0.6 is 0 Å². The Bertz CT molecular complexity index is 934. The first-order valence-corrected chi connectivity index (χ1v) is 17.8. The molecular formula is C35H76N12. The molecule has 4 fully saturated rings. The second-order valence-electron chi connectivity index (χ2n) is 15.3. The molecule has 4 unspecified atom stereocenters. The van der Waals surface area contributed by atoms with Crippen molar-refractivity contribution < 1.29 is 0 Å². The van der Waals surface area contributed by atoms with Crippen LogP contribution in [0.4, 0.5) is 0 Å². The van der Waals surface area contributed by atoms with Crippen LogP contribution < -0.4 is 22.9 Å². The van der Waals surface area contributed by atoms with Crippen LogP contribution in [0.15, 0.2) is 0 Å². The van der Waals surface area contributed by atoms with Crippen molar-refractivity contribution >= 4 is 23.8 Å². The quantitative estimate of drug-likeness (QED) is 0.140. The second-order valence-corrected chi connectivity index (χ2v) is 15.3. The summed E-state index contributed by atoms with van der Waals surface area (Å²) < 4.78 is 0. The average Bonchev–Trinajstić information content (AvgIpc) is 3.76. The van der Waals surface area contributed by atoms with Crippen molar-refractivity contribution in [2.75, 3.05) is 39.3 Å². The Hall–Kier alpha value is -2.92. The molecule has 0 saturated carbocycles. The number of likely N-dealkylation sites (tertiary alicyclic amines) is 4. The Balaban J connectivity index is 0.000000597. The smallest absolute Gasteiger partial charge is 0.188 e. The minimum atomic E-state index is 0. The number of nitrogens with one attached hydrogen (secondary N) is 4. The number of guanidine groups is 4. The van der Waals surface area contributed by atoms with Gasteiger partial charge >= 0.3 is 0 Å². The average molecular weight is 665 g/mol. The van der Waals surface area contributed by atoms with Gasteiger partial charge < -0.3 is 42.5 Å². The first kappa shape index (κ1) is 44.1. The van der Waals surface area contributed by atoms with Crippen molar-refractivity contribution in [3.63, 3.8) is 0 Å². The van der Waals surface area contributed by atoms with Crippen LogP contribution in [0.1, 0.15) is 114 Å². The second kappa shape index (κ2) is 21.9. The van der Waals surface area contributed by atoms with Gasteiger partial charge in [-0.2, -0.15) is 0 Å². The van der Waals surface area contributed by atoms with Gasteiger partial charge in [-0.1, -0.05) is 62.8 Å². The van der Waals surface area contributed by atoms with Gasteiger partial charge in [0.05, 0.1) is 0 Å². The molecule has 0 aromatic carbocycles. The zero-order valence-corrected chi connectivity index (χ0v) is 30.6. The third-order valence-electron chi connectivity index (χ3n) is 9.75. The Morgan fingerprint density at radius 2 is 1.06 bits per heavy atom. The third-order valence-corrected chi connectivity index (χ3v) is 9.75. The van der Waals surface area contributed by atoms with Gasteiger partial charge in [-0.25, -0.2) is 0 Å². The lowest BCUT2D eigenvalue weighted by Crippen LogP contribution is -2.42. The van der Waals surface area contributed by atoms with Crippen LogP contribution in [0.3, 0.4) is 0 Å². The number of hydrogen-bond donors (Lipinski definition) is 8. The molecule has 0 aliphatic carbocycles. The van der Waals surface area contributed by atoms with Gasteiger partial charge in [-0.05, 0) is 86.9 Å². The van der Waals surface area contributed by atoms with E-state index in [2.05, 4.69) is 55.4 Å². The Morgan fingerprint density at radius 1 is 0.574 bits per heavy atom. The van der Waals surface area contributed by atoms with E-state index in [0.717, 1.165) is 62.9 Å². The number of nitrogens with zero attached hydrogens (tertiary/aromatic N) is 4. The van der Waals surface area contributed by atoms with Crippen LogP contribution in [-0.4, -0.2) is 94.8 Å². The first-order valence-electron chi connectivity index (χ1n) is 17.8. The van der Waals surface area contributed by atoms with Gasteiger partial charge in [0.15, 0.2) is 23.8 Å². The van der Waals surface area contributed by atoms with Gasteiger partial charge in [0.2, 0.25) is 0 Å². The molecule has 0 radical (unpaired) electrons. The maximum atomic E-state index is 7.37. The molecular weight excluding hydrogens is 588 g/mol. The highest BCUT2D eigenvalue weighted by Gasteiger charge is 2.28. The zero-order valence-electron chi connectivity index (χ0n) is 30.6. The monoisotopic (exact) mass is 665 g/mol. The van der Waals surface area contributed by atoms with E-state index in [1.165, 1.54) is 51.4 Å². The van der Waals surface area contributed by atoms with E-state index < -0.39 is 0 Å². The predicted octanol–water partition coefficient (Wildman–Crippen LogP) is 5.13. The standard InChI is InChI=1S/2C9H19N3.2C8H17N3.CH4/c1-7(2)5-8-3-4-12(6-8)9(10)11;1-7(2)6-8-4-3-5-12(8)9(10)11;1-6(2)7-3-4-11(5-7)8(9)10;1-6(2)7-4-3-5-11(7)8(9)10;/h2*7-8H,3-6H2,1-2H3,(H3,10,11);2*6-7H,3-5H2,1-2H3,(H3,9,10);1H4. The molecule has 4 aliphatic rings. The van der Waals surface area contributed by atoms with Gasteiger partial charge in [0.25, 0.3) is 0 Å². The Morgan fingerprint density at radius 3 is 1.45 bits per heavy atom. The minimum absolute atomic E-state index is 0. The van der Waals surface area contributed by atoms with E-state index in [4.69, 9.17) is 44.6 Å². The molecule has 12 N–H and O–H groups in total. The highest BCUT2D eigenvalue weighted by molar-refractivity contribution is 5.76. The van der Waals surface area contributed by atoms with Gasteiger partial charge in [-0.3, -0.25) is 21.6 Å². The SMILES string of the molecule is C.CC(C)C1CCCN1C(=N)N.CC(C)C1CCN(C(=N)N)C1.CC(C)CC1CCCN1C(=N)N.CC(C)CC1CCN(C(=N)N)C1. The summed E-state index contributed by atoms with van der Waals surface area (Å²) in [7, 11) is 0. The molecule has 4 atom stereocenters. The van der Waals surface area contributed by atoms with Crippen molar-refractivity contribution in [1.82, 2.24) is 19.6 Å². The summed E-state index contributed by atoms with van der Waals surface area (Å²) in [6, 6.07) is 1.04. The maximum Gasteiger partial charge on any atom is 0.188 e. The fourth-order valence-electron chi connectivity index (χ4n) is 7.19. The molecule has 0 aromatic rings. The van der Waals surface area contributed by atoms with Crippen molar-refractivity contribution in [3.8, 4) is 0 Å². The molecule has 12 heteroatoms. The molecule has 47 heavy (non-hydrogen) atoms. The maximum absolute atomic E-state index is 7.37. The summed E-state index contributed by atoms with van der Waals surface area (Å²) >= 11 is 0. The molecule has 12 nitrogen and oxygen atoms in total. The lowest BCUT2D eigenvalue weighted by atomic mass is 9.95. The molecule has 276 valence electrons. The summed E-state index contributed by atoms with van der Waals surface area (Å²) in [4.78, 5) is 7.95. The van der Waals surface area contributed by atoms with Crippen LogP contribution in [0.2, 0.25) is 0 Å². The van der Waals surface area contributed by atoms with E-state index in [1.54, 1.807) is 0 Å². The molecule has 0 bridgehead atoms. The van der Waals surface area contributed by atoms with E-state index in [9.17, 15) is 0 Å². The molecule has 4 heterocycles. The number of rotatable bonds is 6. The van der Waals surface area contributed by atoms with Crippen LogP contribution in [-0.2, 0) is 0 Å². The Labute approximate surface area is 288 Å². The molecule has 0 spiro atoms. The first-order chi connectivity index (χ1) is 21.4. The highest BCUT2D eigenvalue weighted by atomic mass is 15.3. The summed E-state index contributed by atoms with van der Waals surface area (Å²) in [5, 5.41) is 29.2. The summed E-state index contributed by atoms with van der Waals surface area (Å²) in [5.74, 6) is 5.25. The third kappa shape index (κ3) is 16.2. The number of nitrogens with two attached hydrogens (primary N) is 4. The van der Waals surface area contributed by atoms with Gasteiger partial charge in [0, 0.05) is 51.4 Å². The zero-order chi connectivity index (χ0) is 35.1. The molecule has 0 amide bonds. The molecule has 4 saturated heterocycles. The van der Waals surface area contributed by atoms with E-state index in [-0.39, 0.29) is 31.3 Å². The van der Waals surface area contributed by atoms with E-state index >= 15 is 0 Å². The van der Waals surface area contributed by atoms with Gasteiger partial charge in [-0.15, -0.1) is 0 Å². The summed E-state index contributed by atoms with van der Waals surface area (Å²) in [6.07, 6.45) is 9.60. The van der Waals surface area contributed by atoms with Crippen molar-refractivity contribution in [2.45, 2.75) is 126 Å². The van der Waals surface area contributed by atoms with Gasteiger partial charge in [0.1, 0.15) is 0 Å². The summed E-state index contributed by atoms with van der Waals surface area (Å²) in [6.45, 7) is 23.6. The number of hydrogen-bond acceptors (Lipinski definition) is 4. The predicted molar refractivity (Wildman–Crippen MR) is 202 cm³/mol. The molecule has 4 aliphatic heterocycles. The lowest BCUT2D eigenvalue weighted by molar-refractivity contribution is 0.305. The molecule has 4 rings (SSSR count). The Kier molecular flexibility index (Phi) is 20.5. The van der Waals surface area contributed by atoms with Crippen molar-refractivity contribution in [2.24, 2.45) is 58.4 Å². The fraction of sp³-hybridized carbons (Fsp3) is 0.886. The van der Waals surface area contributed by atoms with Crippen LogP contribution in [0.25, 0.3) is 0 Å². The van der Waals surface area contributed by atoms with E-state index in [0.29, 0.717) is 23.9 Å². The fourth-order valence-corrected chi connectivity index (χ4v) is 7.19. The lowest BCUT2D eigenvalue weighted by Gasteiger charge is -2.27. The summed E-state index contributed by atoms with van der Waals surface area (Å²) in [5.41, 5.74) is 21.7. The van der Waals surface area contributed by atoms with Crippen molar-refractivity contribution in [3.05, 3.63) is 0 Å². The van der Waals surface area contributed by atoms with Crippen LogP contribution in [0, 0.1) is 57.1 Å². The normalized spacial score (nSPS) is 23.6. The molecule has 0 aromatic heterocycles. The van der Waals surface area contributed by atoms with E-state index in [1.807, 2.05) is 19.6 Å². The largest absolute Gasteiger partial charge is 0.370 e. The van der Waals surface area contributed by atoms with Crippen LogP contribution in [0.5, 0.6) is 0 Å². The highest BCUT2D eigenvalue weighted by Crippen LogP contribution is 2.25. The van der Waals surface area contributed by atoms with Crippen molar-refractivity contribution in [1.29, 1.82) is 21.6 Å². The minimum Gasteiger partial charge on any atom is -0.370 e.